The molecule has 0 bridgehead atoms. The zero-order chi connectivity index (χ0) is 16.7. The lowest BCUT2D eigenvalue weighted by molar-refractivity contribution is 0.0943. The number of rotatable bonds is 0. The monoisotopic (exact) mass is 302 g/mol. The molecular weight excluding hydrogens is 260 g/mol. The second-order valence-corrected chi connectivity index (χ2v) is 5.87. The maximum Gasteiger partial charge on any atom is 0.0564 e. The molecule has 0 spiro atoms. The topological polar surface area (TPSA) is 26.7 Å². The highest BCUT2D eigenvalue weighted by atomic mass is 16.3. The first kappa shape index (κ1) is 23.2. The molecule has 2 heterocycles. The fraction of sp³-hybridized carbons (Fsp3) is 1.00. The Kier molecular flexibility index (Phi) is 17.9. The van der Waals surface area contributed by atoms with E-state index in [4.69, 9.17) is 5.11 Å². The summed E-state index contributed by atoms with van der Waals surface area (Å²) in [7, 11) is 4.31. The summed E-state index contributed by atoms with van der Waals surface area (Å²) in [6.45, 7) is 15.1. The Labute approximate surface area is 134 Å². The minimum Gasteiger partial charge on any atom is -0.393 e. The molecule has 1 atom stereocenters. The van der Waals surface area contributed by atoms with Gasteiger partial charge in [-0.3, -0.25) is 0 Å². The van der Waals surface area contributed by atoms with Gasteiger partial charge in [0.1, 0.15) is 0 Å². The highest BCUT2D eigenvalue weighted by molar-refractivity contribution is 4.67. The van der Waals surface area contributed by atoms with E-state index in [0.29, 0.717) is 0 Å². The molecule has 3 nitrogen and oxygen atoms in total. The SMILES string of the molecule is CC.CC.CC1CCCN(C)CC1.CN1CCC(O)CC1. The molecule has 1 N–H and O–H groups in total. The first-order valence-corrected chi connectivity index (χ1v) is 9.13. The summed E-state index contributed by atoms with van der Waals surface area (Å²) in [5.41, 5.74) is 0. The van der Waals surface area contributed by atoms with Crippen molar-refractivity contribution in [1.82, 2.24) is 9.80 Å². The molecular formula is C18H42N2O. The minimum atomic E-state index is -0.0220. The van der Waals surface area contributed by atoms with Crippen LogP contribution in [0, 0.1) is 5.92 Å². The second kappa shape index (κ2) is 16.3. The molecule has 3 heteroatoms. The highest BCUT2D eigenvalue weighted by Crippen LogP contribution is 2.14. The number of likely N-dealkylation sites (tertiary alicyclic amines) is 2. The van der Waals surface area contributed by atoms with Gasteiger partial charge in [-0.1, -0.05) is 34.6 Å². The molecule has 2 saturated heterocycles. The lowest BCUT2D eigenvalue weighted by Gasteiger charge is -2.25. The minimum absolute atomic E-state index is 0.0220. The van der Waals surface area contributed by atoms with E-state index in [9.17, 15) is 0 Å². The molecule has 2 rings (SSSR count). The summed E-state index contributed by atoms with van der Waals surface area (Å²) >= 11 is 0. The van der Waals surface area contributed by atoms with Crippen LogP contribution < -0.4 is 0 Å². The van der Waals surface area contributed by atoms with Gasteiger partial charge < -0.3 is 14.9 Å². The van der Waals surface area contributed by atoms with Gasteiger partial charge in [0.15, 0.2) is 0 Å². The third kappa shape index (κ3) is 14.6. The van der Waals surface area contributed by atoms with Crippen LogP contribution in [0.3, 0.4) is 0 Å². The molecule has 0 aliphatic carbocycles. The molecule has 0 amide bonds. The summed E-state index contributed by atoms with van der Waals surface area (Å²) in [6, 6.07) is 0. The van der Waals surface area contributed by atoms with Crippen molar-refractivity contribution in [1.29, 1.82) is 0 Å². The number of hydrogen-bond donors (Lipinski definition) is 1. The third-order valence-electron chi connectivity index (χ3n) is 3.93. The maximum atomic E-state index is 9.00. The number of nitrogens with zero attached hydrogens (tertiary/aromatic N) is 2. The average Bonchev–Trinajstić information content (AvgIpc) is 2.71. The van der Waals surface area contributed by atoms with Crippen LogP contribution in [0.1, 0.15) is 66.7 Å². The van der Waals surface area contributed by atoms with Gasteiger partial charge in [-0.2, -0.15) is 0 Å². The number of aliphatic hydroxyl groups excluding tert-OH is 1. The molecule has 2 aliphatic rings. The Balaban J connectivity index is 0. The van der Waals surface area contributed by atoms with Gasteiger partial charge in [-0.15, -0.1) is 0 Å². The Morgan fingerprint density at radius 2 is 1.14 bits per heavy atom. The van der Waals surface area contributed by atoms with Crippen LogP contribution in [0.15, 0.2) is 0 Å². The maximum absolute atomic E-state index is 9.00. The van der Waals surface area contributed by atoms with Crippen molar-refractivity contribution in [3.63, 3.8) is 0 Å². The molecule has 2 aliphatic heterocycles. The van der Waals surface area contributed by atoms with Crippen LogP contribution >= 0.6 is 0 Å². The van der Waals surface area contributed by atoms with E-state index >= 15 is 0 Å². The zero-order valence-corrected chi connectivity index (χ0v) is 15.9. The summed E-state index contributed by atoms with van der Waals surface area (Å²) in [5, 5.41) is 9.00. The van der Waals surface area contributed by atoms with Gasteiger partial charge >= 0.3 is 0 Å². The quantitative estimate of drug-likeness (QED) is 0.736. The molecule has 0 radical (unpaired) electrons. The van der Waals surface area contributed by atoms with Crippen molar-refractivity contribution in [2.75, 3.05) is 40.3 Å². The van der Waals surface area contributed by atoms with E-state index in [2.05, 4.69) is 30.8 Å². The third-order valence-corrected chi connectivity index (χ3v) is 3.93. The average molecular weight is 303 g/mol. The number of aliphatic hydroxyl groups is 1. The molecule has 1 unspecified atom stereocenters. The Hall–Kier alpha value is -0.120. The van der Waals surface area contributed by atoms with E-state index in [-0.39, 0.29) is 6.10 Å². The van der Waals surface area contributed by atoms with Crippen molar-refractivity contribution in [3.8, 4) is 0 Å². The van der Waals surface area contributed by atoms with Crippen LogP contribution in [0.2, 0.25) is 0 Å². The van der Waals surface area contributed by atoms with Crippen molar-refractivity contribution in [2.24, 2.45) is 5.92 Å². The van der Waals surface area contributed by atoms with Gasteiger partial charge in [0.05, 0.1) is 6.10 Å². The molecule has 0 aromatic carbocycles. The molecule has 0 saturated carbocycles. The highest BCUT2D eigenvalue weighted by Gasteiger charge is 2.12. The van der Waals surface area contributed by atoms with Crippen LogP contribution in [0.5, 0.6) is 0 Å². The number of piperidine rings is 1. The van der Waals surface area contributed by atoms with Crippen molar-refractivity contribution in [2.45, 2.75) is 72.8 Å². The molecule has 0 aromatic rings. The summed E-state index contributed by atoms with van der Waals surface area (Å²) in [6.07, 6.45) is 6.12. The predicted molar refractivity (Wildman–Crippen MR) is 95.9 cm³/mol. The van der Waals surface area contributed by atoms with Crippen molar-refractivity contribution in [3.05, 3.63) is 0 Å². The lowest BCUT2D eigenvalue weighted by Crippen LogP contribution is -2.32. The Morgan fingerprint density at radius 3 is 1.62 bits per heavy atom. The van der Waals surface area contributed by atoms with Crippen LogP contribution in [0.4, 0.5) is 0 Å². The van der Waals surface area contributed by atoms with E-state index in [0.717, 1.165) is 31.8 Å². The van der Waals surface area contributed by atoms with Gasteiger partial charge in [0.25, 0.3) is 0 Å². The van der Waals surface area contributed by atoms with Crippen LogP contribution in [-0.2, 0) is 0 Å². The van der Waals surface area contributed by atoms with Gasteiger partial charge in [-0.25, -0.2) is 0 Å². The first-order valence-electron chi connectivity index (χ1n) is 9.13. The van der Waals surface area contributed by atoms with Crippen LogP contribution in [-0.4, -0.2) is 61.3 Å². The van der Waals surface area contributed by atoms with Gasteiger partial charge in [-0.05, 0) is 65.2 Å². The molecule has 2 fully saturated rings. The van der Waals surface area contributed by atoms with E-state index in [1.807, 2.05) is 27.7 Å². The summed E-state index contributed by atoms with van der Waals surface area (Å²) in [5.74, 6) is 0.968. The lowest BCUT2D eigenvalue weighted by atomic mass is 10.0. The Bertz CT molecular complexity index is 172. The second-order valence-electron chi connectivity index (χ2n) is 5.87. The normalized spacial score (nSPS) is 24.3. The van der Waals surface area contributed by atoms with Crippen molar-refractivity contribution < 1.29 is 5.11 Å². The molecule has 21 heavy (non-hydrogen) atoms. The number of hydrogen-bond acceptors (Lipinski definition) is 3. The summed E-state index contributed by atoms with van der Waals surface area (Å²) < 4.78 is 0. The predicted octanol–water partition coefficient (Wildman–Crippen LogP) is 3.86. The van der Waals surface area contributed by atoms with Crippen molar-refractivity contribution >= 4 is 0 Å². The largest absolute Gasteiger partial charge is 0.393 e. The fourth-order valence-electron chi connectivity index (χ4n) is 2.40. The molecule has 130 valence electrons. The van der Waals surface area contributed by atoms with Gasteiger partial charge in [0, 0.05) is 13.1 Å². The first-order chi connectivity index (χ1) is 10.1. The standard InChI is InChI=1S/C8H17N.C6H13NO.2C2H6/c1-8-4-3-6-9(2)7-5-8;1-7-4-2-6(8)3-5-7;2*1-2/h8H,3-7H2,1-2H3;6,8H,2-5H2,1H3;2*1-2H3. The Morgan fingerprint density at radius 1 is 0.714 bits per heavy atom. The smallest absolute Gasteiger partial charge is 0.0564 e. The molecule has 0 aromatic heterocycles. The van der Waals surface area contributed by atoms with Crippen LogP contribution in [0.25, 0.3) is 0 Å². The fourth-order valence-corrected chi connectivity index (χ4v) is 2.40. The van der Waals surface area contributed by atoms with E-state index in [1.54, 1.807) is 0 Å². The zero-order valence-electron chi connectivity index (χ0n) is 15.9. The van der Waals surface area contributed by atoms with Gasteiger partial charge in [0.2, 0.25) is 0 Å². The van der Waals surface area contributed by atoms with E-state index < -0.39 is 0 Å². The summed E-state index contributed by atoms with van der Waals surface area (Å²) in [4.78, 5) is 4.68. The van der Waals surface area contributed by atoms with E-state index in [1.165, 1.54) is 32.4 Å².